The Bertz CT molecular complexity index is 434. The van der Waals surface area contributed by atoms with Gasteiger partial charge in [0.25, 0.3) is 0 Å². The summed E-state index contributed by atoms with van der Waals surface area (Å²) < 4.78 is 37.6. The summed E-state index contributed by atoms with van der Waals surface area (Å²) in [5, 5.41) is 11.6. The number of benzene rings is 1. The summed E-state index contributed by atoms with van der Waals surface area (Å²) >= 11 is 0. The van der Waals surface area contributed by atoms with Crippen molar-refractivity contribution in [3.8, 4) is 0 Å². The van der Waals surface area contributed by atoms with Crippen LogP contribution in [0.4, 0.5) is 18.9 Å². The quantitative estimate of drug-likeness (QED) is 0.877. The predicted molar refractivity (Wildman–Crippen MR) is 59.4 cm³/mol. The van der Waals surface area contributed by atoms with E-state index >= 15 is 0 Å². The van der Waals surface area contributed by atoms with E-state index in [-0.39, 0.29) is 0 Å². The van der Waals surface area contributed by atoms with Crippen molar-refractivity contribution in [2.45, 2.75) is 25.1 Å². The molecule has 0 fully saturated rings. The largest absolute Gasteiger partial charge is 0.481 e. The minimum Gasteiger partial charge on any atom is -0.481 e. The van der Waals surface area contributed by atoms with E-state index in [1.165, 1.54) is 0 Å². The molecule has 3 nitrogen and oxygen atoms in total. The van der Waals surface area contributed by atoms with Crippen molar-refractivity contribution in [2.75, 3.05) is 5.32 Å². The molecule has 6 heteroatoms. The first-order valence-corrected chi connectivity index (χ1v) is 5.52. The maximum atomic E-state index is 12.5. The van der Waals surface area contributed by atoms with Gasteiger partial charge in [0.15, 0.2) is 5.92 Å². The topological polar surface area (TPSA) is 49.3 Å². The number of nitrogens with one attached hydrogen (secondary N) is 1. The van der Waals surface area contributed by atoms with Crippen LogP contribution in [0.1, 0.15) is 12.0 Å². The molecule has 1 aromatic rings. The SMILES string of the molecule is O=C(O)C(CC1Cc2ccccc2N1)C(F)(F)F. The zero-order valence-electron chi connectivity index (χ0n) is 9.37. The Labute approximate surface area is 102 Å². The van der Waals surface area contributed by atoms with Crippen molar-refractivity contribution in [3.63, 3.8) is 0 Å². The minimum absolute atomic E-state index is 0.427. The first-order chi connectivity index (χ1) is 8.38. The molecule has 0 aliphatic carbocycles. The molecular formula is C12H12F3NO2. The first kappa shape index (κ1) is 12.7. The average Bonchev–Trinajstić information content (AvgIpc) is 2.66. The normalized spacial score (nSPS) is 20.1. The Kier molecular flexibility index (Phi) is 3.19. The van der Waals surface area contributed by atoms with Crippen LogP contribution in [0.15, 0.2) is 24.3 Å². The lowest BCUT2D eigenvalue weighted by Gasteiger charge is -2.20. The third-order valence-electron chi connectivity index (χ3n) is 3.06. The molecule has 0 aromatic heterocycles. The van der Waals surface area contributed by atoms with Crippen molar-refractivity contribution in [1.82, 2.24) is 0 Å². The number of carbonyl (C=O) groups is 1. The Balaban J connectivity index is 2.06. The van der Waals surface area contributed by atoms with Gasteiger partial charge in [-0.1, -0.05) is 18.2 Å². The fourth-order valence-corrected chi connectivity index (χ4v) is 2.18. The van der Waals surface area contributed by atoms with Crippen LogP contribution in [-0.2, 0) is 11.2 Å². The Morgan fingerprint density at radius 2 is 2.11 bits per heavy atom. The van der Waals surface area contributed by atoms with Crippen LogP contribution in [0.2, 0.25) is 0 Å². The van der Waals surface area contributed by atoms with Gasteiger partial charge in [-0.25, -0.2) is 0 Å². The fourth-order valence-electron chi connectivity index (χ4n) is 2.18. The number of carboxylic acid groups (broad SMARTS) is 1. The number of alkyl halides is 3. The van der Waals surface area contributed by atoms with Gasteiger partial charge in [0.1, 0.15) is 0 Å². The van der Waals surface area contributed by atoms with Gasteiger partial charge in [-0.3, -0.25) is 4.79 Å². The van der Waals surface area contributed by atoms with Crippen molar-refractivity contribution >= 4 is 11.7 Å². The van der Waals surface area contributed by atoms with Crippen molar-refractivity contribution < 1.29 is 23.1 Å². The number of halogens is 3. The van der Waals surface area contributed by atoms with Crippen LogP contribution in [0, 0.1) is 5.92 Å². The summed E-state index contributed by atoms with van der Waals surface area (Å²) in [5.74, 6) is -4.13. The third kappa shape index (κ3) is 2.57. The van der Waals surface area contributed by atoms with Crippen molar-refractivity contribution in [3.05, 3.63) is 29.8 Å². The van der Waals surface area contributed by atoms with E-state index in [9.17, 15) is 18.0 Å². The Morgan fingerprint density at radius 1 is 1.44 bits per heavy atom. The minimum atomic E-state index is -4.71. The smallest absolute Gasteiger partial charge is 0.402 e. The molecule has 2 rings (SSSR count). The van der Waals surface area contributed by atoms with Gasteiger partial charge in [0.05, 0.1) is 0 Å². The van der Waals surface area contributed by atoms with Gasteiger partial charge in [0.2, 0.25) is 0 Å². The van der Waals surface area contributed by atoms with Crippen molar-refractivity contribution in [1.29, 1.82) is 0 Å². The molecule has 2 N–H and O–H groups in total. The second kappa shape index (κ2) is 4.51. The van der Waals surface area contributed by atoms with Gasteiger partial charge in [0, 0.05) is 11.7 Å². The summed E-state index contributed by atoms with van der Waals surface area (Å²) in [6, 6.07) is 6.71. The van der Waals surface area contributed by atoms with Crippen molar-refractivity contribution in [2.24, 2.45) is 5.92 Å². The Hall–Kier alpha value is -1.72. The van der Waals surface area contributed by atoms with E-state index in [2.05, 4.69) is 5.32 Å². The number of hydrogen-bond acceptors (Lipinski definition) is 2. The highest BCUT2D eigenvalue weighted by Crippen LogP contribution is 2.34. The molecule has 0 spiro atoms. The van der Waals surface area contributed by atoms with E-state index in [4.69, 9.17) is 5.11 Å². The molecule has 0 amide bonds. The zero-order valence-corrected chi connectivity index (χ0v) is 9.37. The van der Waals surface area contributed by atoms with Gasteiger partial charge in [-0.15, -0.1) is 0 Å². The van der Waals surface area contributed by atoms with Crippen LogP contribution >= 0.6 is 0 Å². The van der Waals surface area contributed by atoms with Gasteiger partial charge in [-0.2, -0.15) is 13.2 Å². The van der Waals surface area contributed by atoms with Gasteiger partial charge in [-0.05, 0) is 24.5 Å². The molecule has 1 aliphatic heterocycles. The lowest BCUT2D eigenvalue weighted by Crippen LogP contribution is -2.35. The number of para-hydroxylation sites is 1. The molecule has 0 saturated heterocycles. The molecule has 2 atom stereocenters. The summed E-state index contributed by atoms with van der Waals surface area (Å²) in [6.45, 7) is 0. The van der Waals surface area contributed by atoms with Crippen LogP contribution in [0.3, 0.4) is 0 Å². The van der Waals surface area contributed by atoms with Crippen LogP contribution < -0.4 is 5.32 Å². The molecule has 2 unspecified atom stereocenters. The number of fused-ring (bicyclic) bond motifs is 1. The summed E-state index contributed by atoms with van der Waals surface area (Å²) in [7, 11) is 0. The van der Waals surface area contributed by atoms with Crippen LogP contribution in [-0.4, -0.2) is 23.3 Å². The molecular weight excluding hydrogens is 247 g/mol. The maximum Gasteiger partial charge on any atom is 0.402 e. The van der Waals surface area contributed by atoms with E-state index in [1.807, 2.05) is 6.07 Å². The molecule has 1 heterocycles. The second-order valence-corrected chi connectivity index (χ2v) is 4.37. The number of rotatable bonds is 3. The van der Waals surface area contributed by atoms with Gasteiger partial charge < -0.3 is 10.4 Å². The standard InChI is InChI=1S/C12H12F3NO2/c13-12(14,15)9(11(17)18)6-8-5-7-3-1-2-4-10(7)16-8/h1-4,8-9,16H,5-6H2,(H,17,18). The summed E-state index contributed by atoms with van der Waals surface area (Å²) in [6.07, 6.45) is -4.73. The highest BCUT2D eigenvalue weighted by atomic mass is 19.4. The van der Waals surface area contributed by atoms with E-state index < -0.39 is 30.5 Å². The molecule has 0 saturated carbocycles. The summed E-state index contributed by atoms with van der Waals surface area (Å²) in [5.41, 5.74) is 1.71. The van der Waals surface area contributed by atoms with Gasteiger partial charge >= 0.3 is 12.1 Å². The molecule has 0 radical (unpaired) electrons. The molecule has 1 aromatic carbocycles. The number of hydrogen-bond donors (Lipinski definition) is 2. The lowest BCUT2D eigenvalue weighted by atomic mass is 9.97. The number of aliphatic carboxylic acids is 1. The molecule has 98 valence electrons. The Morgan fingerprint density at radius 3 is 2.67 bits per heavy atom. The third-order valence-corrected chi connectivity index (χ3v) is 3.06. The zero-order chi connectivity index (χ0) is 13.3. The highest BCUT2D eigenvalue weighted by molar-refractivity contribution is 5.71. The van der Waals surface area contributed by atoms with Crippen LogP contribution in [0.5, 0.6) is 0 Å². The monoisotopic (exact) mass is 259 g/mol. The predicted octanol–water partition coefficient (Wildman–Crippen LogP) is 2.68. The number of anilines is 1. The highest BCUT2D eigenvalue weighted by Gasteiger charge is 2.46. The van der Waals surface area contributed by atoms with E-state index in [0.717, 1.165) is 11.3 Å². The molecule has 1 aliphatic rings. The molecule has 0 bridgehead atoms. The lowest BCUT2D eigenvalue weighted by molar-refractivity contribution is -0.195. The van der Waals surface area contributed by atoms with Crippen LogP contribution in [0.25, 0.3) is 0 Å². The molecule has 18 heavy (non-hydrogen) atoms. The van der Waals surface area contributed by atoms with E-state index in [0.29, 0.717) is 6.42 Å². The van der Waals surface area contributed by atoms with E-state index in [1.54, 1.807) is 18.2 Å². The fraction of sp³-hybridized carbons (Fsp3) is 0.417. The second-order valence-electron chi connectivity index (χ2n) is 4.37. The number of carboxylic acids is 1. The summed E-state index contributed by atoms with van der Waals surface area (Å²) in [4.78, 5) is 10.7. The average molecular weight is 259 g/mol. The first-order valence-electron chi connectivity index (χ1n) is 5.52. The maximum absolute atomic E-state index is 12.5.